The number of aromatic amines is 1. The highest BCUT2D eigenvalue weighted by Crippen LogP contribution is 2.30. The largest absolute Gasteiger partial charge is 0.505 e. The number of amides is 1. The third-order valence-corrected chi connectivity index (χ3v) is 4.58. The van der Waals surface area contributed by atoms with Crippen LogP contribution in [-0.2, 0) is 0 Å². The molecule has 5 nitrogen and oxygen atoms in total. The fraction of sp³-hybridized carbons (Fsp3) is 0.0667. The maximum atomic E-state index is 12.3. The van der Waals surface area contributed by atoms with Gasteiger partial charge < -0.3 is 15.4 Å². The number of carbonyl (C=O) groups excluding carboxylic acids is 1. The molecule has 22 heavy (non-hydrogen) atoms. The lowest BCUT2D eigenvalue weighted by molar-refractivity contribution is 0.102. The normalized spacial score (nSPS) is 10.8. The van der Waals surface area contributed by atoms with Gasteiger partial charge in [-0.3, -0.25) is 9.59 Å². The molecule has 3 N–H and O–H groups in total. The second kappa shape index (κ2) is 5.47. The molecule has 0 saturated carbocycles. The minimum atomic E-state index is -0.686. The van der Waals surface area contributed by atoms with E-state index in [0.717, 1.165) is 5.56 Å². The van der Waals surface area contributed by atoms with Crippen molar-refractivity contribution in [2.75, 3.05) is 5.32 Å². The summed E-state index contributed by atoms with van der Waals surface area (Å²) in [7, 11) is 0. The van der Waals surface area contributed by atoms with Crippen molar-refractivity contribution in [1.29, 1.82) is 0 Å². The van der Waals surface area contributed by atoms with E-state index in [9.17, 15) is 14.7 Å². The van der Waals surface area contributed by atoms with Crippen LogP contribution < -0.4 is 10.9 Å². The summed E-state index contributed by atoms with van der Waals surface area (Å²) < 4.78 is 0.465. The van der Waals surface area contributed by atoms with Crippen LogP contribution in [0.4, 0.5) is 5.69 Å². The summed E-state index contributed by atoms with van der Waals surface area (Å²) in [6, 6.07) is 6.69. The molecule has 1 aromatic carbocycles. The van der Waals surface area contributed by atoms with Gasteiger partial charge in [0, 0.05) is 10.7 Å². The van der Waals surface area contributed by atoms with Crippen molar-refractivity contribution < 1.29 is 9.90 Å². The van der Waals surface area contributed by atoms with Crippen LogP contribution in [-0.4, -0.2) is 16.0 Å². The molecule has 0 bridgehead atoms. The van der Waals surface area contributed by atoms with Gasteiger partial charge in [-0.2, -0.15) is 0 Å². The van der Waals surface area contributed by atoms with Gasteiger partial charge >= 0.3 is 0 Å². The molecule has 7 heteroatoms. The van der Waals surface area contributed by atoms with E-state index in [1.807, 2.05) is 6.92 Å². The zero-order valence-electron chi connectivity index (χ0n) is 11.4. The number of hydrogen-bond donors (Lipinski definition) is 3. The lowest BCUT2D eigenvalue weighted by Gasteiger charge is -2.08. The smallest absolute Gasteiger partial charge is 0.265 e. The van der Waals surface area contributed by atoms with Crippen molar-refractivity contribution in [3.63, 3.8) is 0 Å². The van der Waals surface area contributed by atoms with E-state index < -0.39 is 11.5 Å². The summed E-state index contributed by atoms with van der Waals surface area (Å²) >= 11 is 7.25. The molecule has 0 radical (unpaired) electrons. The Kier molecular flexibility index (Phi) is 3.64. The zero-order valence-corrected chi connectivity index (χ0v) is 13.0. The molecule has 2 aromatic heterocycles. The molecule has 0 spiro atoms. The van der Waals surface area contributed by atoms with Crippen molar-refractivity contribution in [2.24, 2.45) is 0 Å². The van der Waals surface area contributed by atoms with Crippen molar-refractivity contribution in [3.8, 4) is 5.75 Å². The van der Waals surface area contributed by atoms with Crippen molar-refractivity contribution >= 4 is 44.7 Å². The first-order valence-corrected chi connectivity index (χ1v) is 7.63. The third-order valence-electron chi connectivity index (χ3n) is 3.25. The quantitative estimate of drug-likeness (QED) is 0.670. The first-order chi connectivity index (χ1) is 10.5. The topological polar surface area (TPSA) is 82.2 Å². The van der Waals surface area contributed by atoms with E-state index in [2.05, 4.69) is 10.3 Å². The number of rotatable bonds is 2. The highest BCUT2D eigenvalue weighted by atomic mass is 35.5. The van der Waals surface area contributed by atoms with Gasteiger partial charge in [0.2, 0.25) is 0 Å². The molecule has 0 aliphatic heterocycles. The Morgan fingerprint density at radius 2 is 2.14 bits per heavy atom. The number of benzene rings is 1. The second-order valence-electron chi connectivity index (χ2n) is 4.76. The second-order valence-corrected chi connectivity index (χ2v) is 6.08. The van der Waals surface area contributed by atoms with Gasteiger partial charge in [0.05, 0.1) is 10.2 Å². The number of aromatic hydroxyl groups is 1. The van der Waals surface area contributed by atoms with Crippen LogP contribution in [0.5, 0.6) is 5.75 Å². The van der Waals surface area contributed by atoms with Crippen LogP contribution in [0.3, 0.4) is 0 Å². The van der Waals surface area contributed by atoms with Crippen LogP contribution in [0.2, 0.25) is 5.02 Å². The fourth-order valence-electron chi connectivity index (χ4n) is 2.07. The van der Waals surface area contributed by atoms with Gasteiger partial charge in [0.1, 0.15) is 5.56 Å². The van der Waals surface area contributed by atoms with Crippen molar-refractivity contribution in [3.05, 3.63) is 56.1 Å². The predicted molar refractivity (Wildman–Crippen MR) is 88.3 cm³/mol. The Morgan fingerprint density at radius 1 is 1.36 bits per heavy atom. The number of nitrogens with one attached hydrogen (secondary N) is 2. The molecule has 2 heterocycles. The first kappa shape index (κ1) is 14.6. The molecule has 0 saturated heterocycles. The molecular weight excluding hydrogens is 324 g/mol. The number of fused-ring (bicyclic) bond motifs is 1. The summed E-state index contributed by atoms with van der Waals surface area (Å²) in [5, 5.41) is 15.0. The van der Waals surface area contributed by atoms with Crippen LogP contribution in [0.15, 0.2) is 34.4 Å². The average Bonchev–Trinajstić information content (AvgIpc) is 2.91. The molecule has 112 valence electrons. The Hall–Kier alpha value is -2.31. The Bertz CT molecular complexity index is 946. The molecule has 0 aliphatic carbocycles. The molecule has 0 unspecified atom stereocenters. The van der Waals surface area contributed by atoms with Gasteiger partial charge in [-0.1, -0.05) is 17.7 Å². The minimum absolute atomic E-state index is 0.313. The van der Waals surface area contributed by atoms with Crippen LogP contribution >= 0.6 is 22.9 Å². The van der Waals surface area contributed by atoms with Gasteiger partial charge in [0.25, 0.3) is 11.5 Å². The number of halogens is 1. The number of H-pyrrole nitrogens is 1. The standard InChI is InChI=1S/C15H11ClN2O3S/c1-7-2-3-8(6-9(7)16)17-14(20)11-12(19)13-10(4-5-22-13)18-15(11)21/h2-6H,1H3,(H,17,20)(H2,18,19,21). The van der Waals surface area contributed by atoms with E-state index in [-0.39, 0.29) is 11.3 Å². The molecule has 0 atom stereocenters. The molecule has 3 aromatic rings. The highest BCUT2D eigenvalue weighted by Gasteiger charge is 2.20. The number of carbonyl (C=O) groups is 1. The highest BCUT2D eigenvalue weighted by molar-refractivity contribution is 7.17. The van der Waals surface area contributed by atoms with Gasteiger partial charge in [-0.25, -0.2) is 0 Å². The molecule has 3 rings (SSSR count). The maximum Gasteiger partial charge on any atom is 0.265 e. The Labute approximate surface area is 134 Å². The SMILES string of the molecule is Cc1ccc(NC(=O)c2c(O)c3sccc3[nH]c2=O)cc1Cl. The number of hydrogen-bond acceptors (Lipinski definition) is 4. The summed E-state index contributed by atoms with van der Waals surface area (Å²) in [5.74, 6) is -1.00. The molecule has 0 aliphatic rings. The third kappa shape index (κ3) is 2.47. The Balaban J connectivity index is 2.01. The Morgan fingerprint density at radius 3 is 2.86 bits per heavy atom. The zero-order chi connectivity index (χ0) is 15.9. The van der Waals surface area contributed by atoms with E-state index in [1.54, 1.807) is 29.6 Å². The average molecular weight is 335 g/mol. The number of aryl methyl sites for hydroxylation is 1. The van der Waals surface area contributed by atoms with E-state index in [0.29, 0.717) is 20.9 Å². The number of thiophene rings is 1. The first-order valence-electron chi connectivity index (χ1n) is 6.37. The van der Waals surface area contributed by atoms with Gasteiger partial charge in [-0.15, -0.1) is 11.3 Å². The number of pyridine rings is 1. The van der Waals surface area contributed by atoms with Gasteiger partial charge in [-0.05, 0) is 36.1 Å². The van der Waals surface area contributed by atoms with E-state index >= 15 is 0 Å². The number of anilines is 1. The monoisotopic (exact) mass is 334 g/mol. The van der Waals surface area contributed by atoms with Crippen molar-refractivity contribution in [1.82, 2.24) is 4.98 Å². The fourth-order valence-corrected chi connectivity index (χ4v) is 3.05. The van der Waals surface area contributed by atoms with Crippen LogP contribution in [0.1, 0.15) is 15.9 Å². The van der Waals surface area contributed by atoms with Crippen LogP contribution in [0.25, 0.3) is 10.2 Å². The van der Waals surface area contributed by atoms with E-state index in [1.165, 1.54) is 11.3 Å². The van der Waals surface area contributed by atoms with Crippen LogP contribution in [0, 0.1) is 6.92 Å². The summed E-state index contributed by atoms with van der Waals surface area (Å²) in [4.78, 5) is 26.9. The van der Waals surface area contributed by atoms with E-state index in [4.69, 9.17) is 11.6 Å². The van der Waals surface area contributed by atoms with Crippen molar-refractivity contribution in [2.45, 2.75) is 6.92 Å². The summed E-state index contributed by atoms with van der Waals surface area (Å²) in [6.07, 6.45) is 0. The molecular formula is C15H11ClN2O3S. The number of aromatic nitrogens is 1. The summed E-state index contributed by atoms with van der Waals surface area (Å²) in [5.41, 5.74) is 0.874. The lowest BCUT2D eigenvalue weighted by atomic mass is 10.2. The van der Waals surface area contributed by atoms with Gasteiger partial charge in [0.15, 0.2) is 5.75 Å². The molecule has 1 amide bonds. The maximum absolute atomic E-state index is 12.3. The lowest BCUT2D eigenvalue weighted by Crippen LogP contribution is -2.23. The molecule has 0 fully saturated rings. The summed E-state index contributed by atoms with van der Waals surface area (Å²) in [6.45, 7) is 1.84. The minimum Gasteiger partial charge on any atom is -0.505 e. The predicted octanol–water partition coefficient (Wildman–Crippen LogP) is 3.51.